The number of hydrogen-bond donors (Lipinski definition) is 0. The minimum Gasteiger partial charge on any atom is -0.456 e. The molecule has 0 unspecified atom stereocenters. The first-order valence-corrected chi connectivity index (χ1v) is 21.6. The Morgan fingerprint density at radius 1 is 0.397 bits per heavy atom. The Labute approximate surface area is 364 Å². The summed E-state index contributed by atoms with van der Waals surface area (Å²) < 4.78 is 11.2. The molecule has 0 aliphatic carbocycles. The van der Waals surface area contributed by atoms with E-state index in [1.165, 1.54) is 4.70 Å². The van der Waals surface area contributed by atoms with E-state index in [9.17, 15) is 0 Å². The third kappa shape index (κ3) is 5.76. The van der Waals surface area contributed by atoms with Gasteiger partial charge in [-0.05, 0) is 60.7 Å². The smallest absolute Gasteiger partial charge is 0.164 e. The van der Waals surface area contributed by atoms with Crippen LogP contribution in [-0.4, -0.2) is 29.5 Å². The second kappa shape index (κ2) is 14.1. The van der Waals surface area contributed by atoms with Crippen LogP contribution < -0.4 is 0 Å². The Bertz CT molecular complexity index is 3910. The van der Waals surface area contributed by atoms with Crippen molar-refractivity contribution in [3.63, 3.8) is 0 Å². The van der Waals surface area contributed by atoms with Crippen molar-refractivity contribution in [1.29, 1.82) is 0 Å². The summed E-state index contributed by atoms with van der Waals surface area (Å²) in [5, 5.41) is 5.33. The molecule has 8 heteroatoms. The third-order valence-corrected chi connectivity index (χ3v) is 13.0. The molecule has 0 bridgehead atoms. The van der Waals surface area contributed by atoms with E-state index in [0.29, 0.717) is 23.3 Å². The summed E-state index contributed by atoms with van der Waals surface area (Å²) in [7, 11) is 0. The summed E-state index contributed by atoms with van der Waals surface area (Å²) >= 11 is 1.73. The van der Waals surface area contributed by atoms with Crippen LogP contribution in [-0.2, 0) is 0 Å². The molecule has 0 amide bonds. The molecule has 0 aliphatic rings. The van der Waals surface area contributed by atoms with Crippen LogP contribution in [0.25, 0.3) is 127 Å². The van der Waals surface area contributed by atoms with Crippen molar-refractivity contribution < 1.29 is 4.42 Å². The molecule has 7 nitrogen and oxygen atoms in total. The topological polar surface area (TPSA) is 82.5 Å². The fraction of sp³-hybridized carbons (Fsp3) is 0. The number of fused-ring (bicyclic) bond motifs is 9. The van der Waals surface area contributed by atoms with E-state index in [0.717, 1.165) is 98.5 Å². The molecule has 294 valence electrons. The Morgan fingerprint density at radius 3 is 1.83 bits per heavy atom. The Balaban J connectivity index is 0.971. The summed E-state index contributed by atoms with van der Waals surface area (Å²) in [6.07, 6.45) is 0. The molecule has 0 aliphatic heterocycles. The molecule has 13 aromatic rings. The Hall–Kier alpha value is -8.33. The number of nitrogens with zero attached hydrogens (tertiary/aromatic N) is 6. The second-order valence-corrected chi connectivity index (χ2v) is 16.7. The summed E-state index contributed by atoms with van der Waals surface area (Å²) in [5.74, 6) is 2.39. The predicted molar refractivity (Wildman–Crippen MR) is 257 cm³/mol. The van der Waals surface area contributed by atoms with E-state index in [-0.39, 0.29) is 0 Å². The molecule has 0 N–H and O–H groups in total. The number of furan rings is 1. The van der Waals surface area contributed by atoms with Gasteiger partial charge in [0.15, 0.2) is 23.3 Å². The number of benzene rings is 8. The van der Waals surface area contributed by atoms with E-state index in [1.807, 2.05) is 60.7 Å². The molecule has 5 heterocycles. The summed E-state index contributed by atoms with van der Waals surface area (Å²) in [5.41, 5.74) is 11.3. The van der Waals surface area contributed by atoms with Gasteiger partial charge in [-0.25, -0.2) is 24.9 Å². The standard InChI is InChI=1S/C55H32N6OS/c1-4-15-33(16-5-1)49-51-50(40-22-11-13-26-47(40)63-51)57-55(56-49)41-23-14-25-45-48(41)39-29-27-36(32-46(39)62-45)54-59-52(34-17-6-2-7-18-34)58-53(60-54)35-28-30-44-42(31-35)38-21-10-12-24-43(38)61(44)37-19-8-3-9-20-37/h1-32H. The summed E-state index contributed by atoms with van der Waals surface area (Å²) in [6, 6.07) is 66.7. The van der Waals surface area contributed by atoms with Gasteiger partial charge in [0.2, 0.25) is 0 Å². The predicted octanol–water partition coefficient (Wildman–Crippen LogP) is 14.4. The maximum Gasteiger partial charge on any atom is 0.164 e. The normalized spacial score (nSPS) is 11.8. The van der Waals surface area contributed by atoms with Crippen LogP contribution in [0.3, 0.4) is 0 Å². The molecule has 63 heavy (non-hydrogen) atoms. The summed E-state index contributed by atoms with van der Waals surface area (Å²) in [4.78, 5) is 25.9. The third-order valence-electron chi connectivity index (χ3n) is 11.9. The fourth-order valence-corrected chi connectivity index (χ4v) is 10.1. The van der Waals surface area contributed by atoms with Crippen LogP contribution in [0.5, 0.6) is 0 Å². The molecular weight excluding hydrogens is 793 g/mol. The Kier molecular flexibility index (Phi) is 7.94. The van der Waals surface area contributed by atoms with Crippen molar-refractivity contribution in [1.82, 2.24) is 29.5 Å². The molecule has 8 aromatic carbocycles. The zero-order chi connectivity index (χ0) is 41.4. The average Bonchev–Trinajstić information content (AvgIpc) is 4.03. The van der Waals surface area contributed by atoms with Gasteiger partial charge >= 0.3 is 0 Å². The lowest BCUT2D eigenvalue weighted by Crippen LogP contribution is -2.00. The quantitative estimate of drug-likeness (QED) is 0.166. The van der Waals surface area contributed by atoms with Gasteiger partial charge in [-0.2, -0.15) is 0 Å². The monoisotopic (exact) mass is 824 g/mol. The molecule has 0 saturated carbocycles. The van der Waals surface area contributed by atoms with Crippen molar-refractivity contribution in [2.45, 2.75) is 0 Å². The first kappa shape index (κ1) is 35.4. The van der Waals surface area contributed by atoms with Gasteiger partial charge in [-0.1, -0.05) is 133 Å². The zero-order valence-corrected chi connectivity index (χ0v) is 34.3. The lowest BCUT2D eigenvalue weighted by atomic mass is 10.0. The van der Waals surface area contributed by atoms with Gasteiger partial charge in [0.05, 0.1) is 26.9 Å². The average molecular weight is 825 g/mol. The first-order valence-electron chi connectivity index (χ1n) is 20.8. The molecule has 0 spiro atoms. The largest absolute Gasteiger partial charge is 0.456 e. The number of para-hydroxylation sites is 2. The molecule has 13 rings (SSSR count). The van der Waals surface area contributed by atoms with Gasteiger partial charge in [0, 0.05) is 65.1 Å². The Morgan fingerprint density at radius 2 is 1.03 bits per heavy atom. The van der Waals surface area contributed by atoms with Gasteiger partial charge in [0.1, 0.15) is 11.2 Å². The highest BCUT2D eigenvalue weighted by Gasteiger charge is 2.22. The SMILES string of the molecule is c1ccc(-c2nc(-c3ccc4c(c3)oc3cccc(-c5nc(-c6ccccc6)c6sc7ccccc7c6n5)c34)nc(-c3ccc4c(c3)c3ccccc3n4-c3ccccc3)n2)cc1. The number of thiophene rings is 1. The van der Waals surface area contributed by atoms with Crippen LogP contribution in [0.4, 0.5) is 0 Å². The molecule has 0 saturated heterocycles. The molecule has 0 atom stereocenters. The van der Waals surface area contributed by atoms with Crippen LogP contribution >= 0.6 is 11.3 Å². The maximum absolute atomic E-state index is 6.66. The van der Waals surface area contributed by atoms with E-state index in [4.69, 9.17) is 29.3 Å². The van der Waals surface area contributed by atoms with Crippen molar-refractivity contribution in [2.75, 3.05) is 0 Å². The first-order chi connectivity index (χ1) is 31.2. The van der Waals surface area contributed by atoms with Crippen LogP contribution in [0.2, 0.25) is 0 Å². The van der Waals surface area contributed by atoms with E-state index < -0.39 is 0 Å². The van der Waals surface area contributed by atoms with Crippen LogP contribution in [0.1, 0.15) is 0 Å². The van der Waals surface area contributed by atoms with Crippen molar-refractivity contribution in [3.8, 4) is 62.5 Å². The highest BCUT2D eigenvalue weighted by Crippen LogP contribution is 2.42. The minimum atomic E-state index is 0.555. The van der Waals surface area contributed by atoms with E-state index >= 15 is 0 Å². The van der Waals surface area contributed by atoms with E-state index in [1.54, 1.807) is 11.3 Å². The van der Waals surface area contributed by atoms with Gasteiger partial charge < -0.3 is 8.98 Å². The maximum atomic E-state index is 6.66. The highest BCUT2D eigenvalue weighted by molar-refractivity contribution is 7.26. The fourth-order valence-electron chi connectivity index (χ4n) is 8.97. The van der Waals surface area contributed by atoms with Crippen LogP contribution in [0.15, 0.2) is 199 Å². The van der Waals surface area contributed by atoms with Crippen molar-refractivity contribution >= 4 is 75.4 Å². The van der Waals surface area contributed by atoms with Gasteiger partial charge in [-0.15, -0.1) is 11.3 Å². The number of aromatic nitrogens is 6. The van der Waals surface area contributed by atoms with Crippen molar-refractivity contribution in [2.24, 2.45) is 0 Å². The van der Waals surface area contributed by atoms with E-state index in [2.05, 4.69) is 138 Å². The second-order valence-electron chi connectivity index (χ2n) is 15.6. The number of hydrogen-bond acceptors (Lipinski definition) is 7. The van der Waals surface area contributed by atoms with Crippen LogP contribution in [0, 0.1) is 0 Å². The van der Waals surface area contributed by atoms with Crippen molar-refractivity contribution in [3.05, 3.63) is 194 Å². The molecule has 0 radical (unpaired) electrons. The zero-order valence-electron chi connectivity index (χ0n) is 33.5. The highest BCUT2D eigenvalue weighted by atomic mass is 32.1. The van der Waals surface area contributed by atoms with Gasteiger partial charge in [-0.3, -0.25) is 0 Å². The molecule has 0 fully saturated rings. The number of rotatable bonds is 6. The summed E-state index contributed by atoms with van der Waals surface area (Å²) in [6.45, 7) is 0. The molecular formula is C55H32N6OS. The lowest BCUT2D eigenvalue weighted by Gasteiger charge is -2.10. The molecule has 5 aromatic heterocycles. The van der Waals surface area contributed by atoms with Gasteiger partial charge in [0.25, 0.3) is 0 Å². The lowest BCUT2D eigenvalue weighted by molar-refractivity contribution is 0.669. The minimum absolute atomic E-state index is 0.555.